The molecule has 3 aliphatic rings. The summed E-state index contributed by atoms with van der Waals surface area (Å²) in [4.78, 5) is 33.7. The zero-order valence-electron chi connectivity index (χ0n) is 19.6. The van der Waals surface area contributed by atoms with E-state index < -0.39 is 0 Å². The van der Waals surface area contributed by atoms with Gasteiger partial charge in [0.15, 0.2) is 0 Å². The highest BCUT2D eigenvalue weighted by atomic mass is 35.5. The zero-order chi connectivity index (χ0) is 24.1. The van der Waals surface area contributed by atoms with E-state index in [-0.39, 0.29) is 24.0 Å². The van der Waals surface area contributed by atoms with Crippen LogP contribution in [0.3, 0.4) is 0 Å². The number of nitrogens with zero attached hydrogens (tertiary/aromatic N) is 3. The summed E-state index contributed by atoms with van der Waals surface area (Å²) in [6.45, 7) is 3.00. The summed E-state index contributed by atoms with van der Waals surface area (Å²) in [6, 6.07) is 8.46. The number of methoxy groups -OCH3 is 1. The van der Waals surface area contributed by atoms with Gasteiger partial charge in [-0.05, 0) is 42.7 Å². The van der Waals surface area contributed by atoms with Crippen molar-refractivity contribution in [2.24, 2.45) is 0 Å². The molecule has 0 unspecified atom stereocenters. The largest absolute Gasteiger partial charge is 0.378 e. The van der Waals surface area contributed by atoms with Gasteiger partial charge in [0.05, 0.1) is 28.9 Å². The summed E-state index contributed by atoms with van der Waals surface area (Å²) in [5, 5.41) is 4.21. The number of anilines is 1. The van der Waals surface area contributed by atoms with E-state index in [9.17, 15) is 9.59 Å². The van der Waals surface area contributed by atoms with Crippen LogP contribution in [0, 0.1) is 0 Å². The first kappa shape index (κ1) is 22.9. The molecule has 7 nitrogen and oxygen atoms in total. The average Bonchev–Trinajstić information content (AvgIpc) is 3.57. The first-order valence-electron chi connectivity index (χ1n) is 12.1. The van der Waals surface area contributed by atoms with Crippen LogP contribution in [-0.4, -0.2) is 60.6 Å². The number of aryl methyl sites for hydroxylation is 1. The minimum atomic E-state index is -0.0990. The number of rotatable bonds is 5. The molecule has 9 heteroatoms. The highest BCUT2D eigenvalue weighted by Crippen LogP contribution is 2.45. The molecule has 6 rings (SSSR count). The third-order valence-electron chi connectivity index (χ3n) is 7.34. The summed E-state index contributed by atoms with van der Waals surface area (Å²) >= 11 is 8.24. The molecule has 2 aromatic heterocycles. The van der Waals surface area contributed by atoms with Crippen molar-refractivity contribution in [1.82, 2.24) is 15.2 Å². The van der Waals surface area contributed by atoms with E-state index in [0.29, 0.717) is 19.4 Å². The lowest BCUT2D eigenvalue weighted by Crippen LogP contribution is -2.46. The minimum Gasteiger partial charge on any atom is -0.378 e. The van der Waals surface area contributed by atoms with Gasteiger partial charge in [0, 0.05) is 72.5 Å². The number of aromatic nitrogens is 1. The van der Waals surface area contributed by atoms with Gasteiger partial charge in [-0.1, -0.05) is 11.6 Å². The van der Waals surface area contributed by atoms with Gasteiger partial charge < -0.3 is 15.0 Å². The SMILES string of the molecule is CO[C@@H]1CNC[C@H]1N1CCCc2cc(Cl)cc(-c3ccnc4cc(CN5C(=O)CCC5=O)sc34)c21. The van der Waals surface area contributed by atoms with Crippen LogP contribution in [0.4, 0.5) is 5.69 Å². The fourth-order valence-electron chi connectivity index (χ4n) is 5.70. The molecule has 3 aliphatic heterocycles. The zero-order valence-corrected chi connectivity index (χ0v) is 21.1. The average molecular weight is 511 g/mol. The molecule has 3 aromatic rings. The molecule has 0 spiro atoms. The van der Waals surface area contributed by atoms with E-state index in [1.165, 1.54) is 16.2 Å². The Morgan fingerprint density at radius 1 is 1.14 bits per heavy atom. The summed E-state index contributed by atoms with van der Waals surface area (Å²) in [5.74, 6) is -0.198. The Kier molecular flexibility index (Phi) is 6.00. The molecule has 0 aliphatic carbocycles. The first-order chi connectivity index (χ1) is 17.0. The van der Waals surface area contributed by atoms with E-state index >= 15 is 0 Å². The van der Waals surface area contributed by atoms with Crippen molar-refractivity contribution in [1.29, 1.82) is 0 Å². The smallest absolute Gasteiger partial charge is 0.230 e. The number of thiophene rings is 1. The van der Waals surface area contributed by atoms with Crippen LogP contribution in [-0.2, 0) is 27.3 Å². The van der Waals surface area contributed by atoms with Crippen LogP contribution in [0.5, 0.6) is 0 Å². The van der Waals surface area contributed by atoms with Gasteiger partial charge in [0.25, 0.3) is 0 Å². The minimum absolute atomic E-state index is 0.0990. The van der Waals surface area contributed by atoms with Crippen molar-refractivity contribution < 1.29 is 14.3 Å². The van der Waals surface area contributed by atoms with Crippen molar-refractivity contribution in [3.8, 4) is 11.1 Å². The highest BCUT2D eigenvalue weighted by molar-refractivity contribution is 7.19. The Labute approximate surface area is 213 Å². The number of ether oxygens (including phenoxy) is 1. The second-order valence-corrected chi connectivity index (χ2v) is 11.0. The molecule has 2 atom stereocenters. The van der Waals surface area contributed by atoms with Crippen LogP contribution in [0.1, 0.15) is 29.7 Å². The summed E-state index contributed by atoms with van der Waals surface area (Å²) in [6.07, 6.45) is 4.63. The van der Waals surface area contributed by atoms with Gasteiger partial charge in [-0.2, -0.15) is 0 Å². The third-order valence-corrected chi connectivity index (χ3v) is 8.70. The molecule has 0 bridgehead atoms. The molecule has 2 saturated heterocycles. The number of carbonyl (C=O) groups is 2. The van der Waals surface area contributed by atoms with E-state index in [0.717, 1.165) is 63.7 Å². The van der Waals surface area contributed by atoms with Crippen LogP contribution >= 0.6 is 22.9 Å². The fraction of sp³-hybridized carbons (Fsp3) is 0.423. The van der Waals surface area contributed by atoms with Gasteiger partial charge in [-0.15, -0.1) is 11.3 Å². The number of nitrogens with one attached hydrogen (secondary N) is 1. The normalized spacial score (nSPS) is 22.5. The number of fused-ring (bicyclic) bond motifs is 2. The van der Waals surface area contributed by atoms with E-state index in [1.807, 2.05) is 18.3 Å². The first-order valence-corrected chi connectivity index (χ1v) is 13.3. The van der Waals surface area contributed by atoms with E-state index in [4.69, 9.17) is 16.3 Å². The maximum atomic E-state index is 12.2. The Morgan fingerprint density at radius 3 is 2.77 bits per heavy atom. The van der Waals surface area contributed by atoms with Gasteiger partial charge >= 0.3 is 0 Å². The lowest BCUT2D eigenvalue weighted by atomic mass is 9.92. The molecule has 1 aromatic carbocycles. The number of hydrogen-bond donors (Lipinski definition) is 1. The molecule has 1 N–H and O–H groups in total. The molecule has 0 radical (unpaired) electrons. The second-order valence-electron chi connectivity index (χ2n) is 9.42. The molecule has 2 amide bonds. The van der Waals surface area contributed by atoms with E-state index in [2.05, 4.69) is 27.3 Å². The van der Waals surface area contributed by atoms with Crippen LogP contribution in [0.15, 0.2) is 30.5 Å². The van der Waals surface area contributed by atoms with Crippen molar-refractivity contribution in [3.63, 3.8) is 0 Å². The number of imide groups is 1. The molecule has 5 heterocycles. The molecule has 2 fully saturated rings. The third kappa shape index (κ3) is 4.02. The predicted octanol–water partition coefficient (Wildman–Crippen LogP) is 4.01. The van der Waals surface area contributed by atoms with Crippen LogP contribution in [0.25, 0.3) is 21.3 Å². The Morgan fingerprint density at radius 2 is 1.97 bits per heavy atom. The molecule has 182 valence electrons. The number of halogens is 1. The Bertz CT molecular complexity index is 1310. The maximum Gasteiger partial charge on any atom is 0.230 e. The van der Waals surface area contributed by atoms with Crippen molar-refractivity contribution in [3.05, 3.63) is 45.9 Å². The van der Waals surface area contributed by atoms with Crippen molar-refractivity contribution >= 4 is 50.7 Å². The summed E-state index contributed by atoms with van der Waals surface area (Å²) < 4.78 is 6.86. The fourth-order valence-corrected chi connectivity index (χ4v) is 7.07. The van der Waals surface area contributed by atoms with Gasteiger partial charge in [0.2, 0.25) is 11.8 Å². The predicted molar refractivity (Wildman–Crippen MR) is 138 cm³/mol. The summed E-state index contributed by atoms with van der Waals surface area (Å²) in [5.41, 5.74) is 5.54. The highest BCUT2D eigenvalue weighted by Gasteiger charge is 2.36. The molecular formula is C26H27ClN4O3S. The maximum absolute atomic E-state index is 12.2. The topological polar surface area (TPSA) is 74.8 Å². The van der Waals surface area contributed by atoms with Crippen LogP contribution in [0.2, 0.25) is 5.02 Å². The van der Waals surface area contributed by atoms with Gasteiger partial charge in [0.1, 0.15) is 0 Å². The van der Waals surface area contributed by atoms with Crippen LogP contribution < -0.4 is 10.2 Å². The quantitative estimate of drug-likeness (QED) is 0.523. The second kappa shape index (κ2) is 9.17. The number of hydrogen-bond acceptors (Lipinski definition) is 7. The number of amides is 2. The van der Waals surface area contributed by atoms with E-state index in [1.54, 1.807) is 18.4 Å². The standard InChI is InChI=1S/C26H27ClN4O3S/c1-34-22-13-28-12-21(22)30-8-2-3-15-9-16(27)10-19(25(15)30)18-6-7-29-20-11-17(35-26(18)20)14-31-23(32)4-5-24(31)33/h6-7,9-11,21-22,28H,2-5,8,12-14H2,1H3/t21-,22-/m1/s1. The van der Waals surface area contributed by atoms with Gasteiger partial charge in [-0.3, -0.25) is 19.5 Å². The molecule has 0 saturated carbocycles. The summed E-state index contributed by atoms with van der Waals surface area (Å²) in [7, 11) is 1.79. The Balaban J connectivity index is 1.45. The van der Waals surface area contributed by atoms with Crippen molar-refractivity contribution in [2.75, 3.05) is 31.6 Å². The lowest BCUT2D eigenvalue weighted by Gasteiger charge is -2.39. The number of pyridine rings is 1. The Hall–Kier alpha value is -2.52. The van der Waals surface area contributed by atoms with Crippen molar-refractivity contribution in [2.45, 2.75) is 44.4 Å². The number of benzene rings is 1. The molecular weight excluding hydrogens is 484 g/mol. The lowest BCUT2D eigenvalue weighted by molar-refractivity contribution is -0.138. The number of carbonyl (C=O) groups excluding carboxylic acids is 2. The molecule has 35 heavy (non-hydrogen) atoms. The number of likely N-dealkylation sites (tertiary alicyclic amines) is 1. The van der Waals surface area contributed by atoms with Gasteiger partial charge in [-0.25, -0.2) is 0 Å². The monoisotopic (exact) mass is 510 g/mol.